The smallest absolute Gasteiger partial charge is 0.136 e. The minimum absolute atomic E-state index is 0.896. The zero-order valence-electron chi connectivity index (χ0n) is 37.7. The average Bonchev–Trinajstić information content (AvgIpc) is 3.97. The van der Waals surface area contributed by atoms with Crippen molar-refractivity contribution in [2.24, 2.45) is 0 Å². The molecule has 0 amide bonds. The molecular weight excluding hydrogens is 837 g/mol. The van der Waals surface area contributed by atoms with Gasteiger partial charge in [0.2, 0.25) is 0 Å². The molecule has 11 aromatic carbocycles. The Kier molecular flexibility index (Phi) is 9.84. The van der Waals surface area contributed by atoms with Gasteiger partial charge < -0.3 is 13.9 Å². The maximum Gasteiger partial charge on any atom is 0.136 e. The predicted octanol–water partition coefficient (Wildman–Crippen LogP) is 18.5. The molecule has 0 saturated heterocycles. The summed E-state index contributed by atoms with van der Waals surface area (Å²) in [6.45, 7) is 0. The predicted molar refractivity (Wildman–Crippen MR) is 290 cm³/mol. The molecule has 0 spiro atoms. The van der Waals surface area contributed by atoms with Gasteiger partial charge in [-0.15, -0.1) is 0 Å². The lowest BCUT2D eigenvalue weighted by molar-refractivity contribution is 0.669. The number of aromatic nitrogens is 1. The number of para-hydroxylation sites is 4. The Labute approximate surface area is 401 Å². The zero-order valence-corrected chi connectivity index (χ0v) is 37.7. The van der Waals surface area contributed by atoms with Crippen LogP contribution in [0.25, 0.3) is 105 Å². The second kappa shape index (κ2) is 16.9. The van der Waals surface area contributed by atoms with Crippen molar-refractivity contribution in [3.63, 3.8) is 0 Å². The normalized spacial score (nSPS) is 11.5. The van der Waals surface area contributed by atoms with E-state index in [1.165, 1.54) is 49.6 Å². The number of furan rings is 1. The molecule has 0 aliphatic heterocycles. The SMILES string of the molecule is c1ccc(-c2ccccc2N(c2ccc(-c3ccc(-c4cccc(-n5c6ccccc6c6ccccc65)c4)cc3)cc2)c2ccc(-c3ccccc3-c3ccc4c(c3)oc3ccccc34)cc2)cc1. The lowest BCUT2D eigenvalue weighted by Crippen LogP contribution is -2.11. The Morgan fingerprint density at radius 2 is 0.739 bits per heavy atom. The van der Waals surface area contributed by atoms with Crippen LogP contribution in [0.1, 0.15) is 0 Å². The summed E-state index contributed by atoms with van der Waals surface area (Å²) in [5.74, 6) is 0. The van der Waals surface area contributed by atoms with Gasteiger partial charge in [0.05, 0.1) is 16.7 Å². The zero-order chi connectivity index (χ0) is 45.7. The van der Waals surface area contributed by atoms with Crippen molar-refractivity contribution < 1.29 is 4.42 Å². The molecule has 3 heteroatoms. The van der Waals surface area contributed by atoms with E-state index in [-0.39, 0.29) is 0 Å². The van der Waals surface area contributed by atoms with Crippen molar-refractivity contribution in [3.05, 3.63) is 267 Å². The number of benzene rings is 11. The molecule has 0 atom stereocenters. The van der Waals surface area contributed by atoms with Gasteiger partial charge in [-0.05, 0) is 123 Å². The first-order chi connectivity index (χ1) is 34.2. The second-order valence-electron chi connectivity index (χ2n) is 17.7. The first-order valence-electron chi connectivity index (χ1n) is 23.6. The van der Waals surface area contributed by atoms with E-state index in [1.54, 1.807) is 0 Å². The maximum atomic E-state index is 6.31. The molecule has 0 bridgehead atoms. The van der Waals surface area contributed by atoms with Crippen molar-refractivity contribution in [2.45, 2.75) is 0 Å². The molecule has 0 aliphatic rings. The molecule has 0 fully saturated rings. The highest BCUT2D eigenvalue weighted by atomic mass is 16.3. The fraction of sp³-hybridized carbons (Fsp3) is 0. The summed E-state index contributed by atoms with van der Waals surface area (Å²) in [5.41, 5.74) is 20.3. The van der Waals surface area contributed by atoms with Crippen LogP contribution < -0.4 is 4.90 Å². The van der Waals surface area contributed by atoms with E-state index >= 15 is 0 Å². The summed E-state index contributed by atoms with van der Waals surface area (Å²) in [5, 5.41) is 4.80. The van der Waals surface area contributed by atoms with Crippen molar-refractivity contribution in [2.75, 3.05) is 4.90 Å². The van der Waals surface area contributed by atoms with Crippen LogP contribution in [0.5, 0.6) is 0 Å². The number of nitrogens with zero attached hydrogens (tertiary/aromatic N) is 2. The summed E-state index contributed by atoms with van der Waals surface area (Å²) >= 11 is 0. The fourth-order valence-corrected chi connectivity index (χ4v) is 10.3. The van der Waals surface area contributed by atoms with Gasteiger partial charge in [0.15, 0.2) is 0 Å². The number of hydrogen-bond donors (Lipinski definition) is 0. The Morgan fingerprint density at radius 1 is 0.275 bits per heavy atom. The molecule has 2 heterocycles. The van der Waals surface area contributed by atoms with Crippen LogP contribution in [-0.4, -0.2) is 4.57 Å². The van der Waals surface area contributed by atoms with Crippen molar-refractivity contribution in [1.29, 1.82) is 0 Å². The third-order valence-corrected chi connectivity index (χ3v) is 13.6. The van der Waals surface area contributed by atoms with Crippen LogP contribution in [0, 0.1) is 0 Å². The fourth-order valence-electron chi connectivity index (χ4n) is 10.3. The molecule has 0 radical (unpaired) electrons. The topological polar surface area (TPSA) is 21.3 Å². The standard InChI is InChI=1S/C66H44N2O/c1-2-15-48(16-3-1)57-21-6-10-25-62(57)67(53-40-35-49(36-41-53)55-19-4-5-20-56(55)51-37-42-61-60-24-9-13-28-65(60)69-66(61)44-51)52-38-33-46(34-39-52)45-29-31-47(32-30-45)50-17-14-18-54(43-50)68-63-26-11-7-22-58(63)59-23-8-12-27-64(59)68/h1-44H. The molecule has 0 N–H and O–H groups in total. The van der Waals surface area contributed by atoms with Crippen LogP contribution >= 0.6 is 0 Å². The minimum atomic E-state index is 0.896. The van der Waals surface area contributed by atoms with Gasteiger partial charge >= 0.3 is 0 Å². The highest BCUT2D eigenvalue weighted by Crippen LogP contribution is 2.43. The Hall–Kier alpha value is -9.18. The van der Waals surface area contributed by atoms with Gasteiger partial charge in [0.1, 0.15) is 11.2 Å². The van der Waals surface area contributed by atoms with Crippen LogP contribution in [0.3, 0.4) is 0 Å². The number of anilines is 3. The number of hydrogen-bond acceptors (Lipinski definition) is 2. The molecule has 13 aromatic rings. The summed E-state index contributed by atoms with van der Waals surface area (Å²) in [4.78, 5) is 2.38. The first-order valence-corrected chi connectivity index (χ1v) is 23.6. The Bertz CT molecular complexity index is 3940. The monoisotopic (exact) mass is 880 g/mol. The Balaban J connectivity index is 0.831. The van der Waals surface area contributed by atoms with E-state index in [4.69, 9.17) is 4.42 Å². The molecular formula is C66H44N2O. The van der Waals surface area contributed by atoms with Gasteiger partial charge in [0.25, 0.3) is 0 Å². The van der Waals surface area contributed by atoms with Crippen LogP contribution in [-0.2, 0) is 0 Å². The van der Waals surface area contributed by atoms with Gasteiger partial charge in [-0.2, -0.15) is 0 Å². The van der Waals surface area contributed by atoms with E-state index < -0.39 is 0 Å². The quantitative estimate of drug-likeness (QED) is 0.144. The molecule has 0 unspecified atom stereocenters. The molecule has 324 valence electrons. The summed E-state index contributed by atoms with van der Waals surface area (Å²) < 4.78 is 8.69. The van der Waals surface area contributed by atoms with E-state index in [0.717, 1.165) is 72.5 Å². The third kappa shape index (κ3) is 7.16. The van der Waals surface area contributed by atoms with Crippen LogP contribution in [0.15, 0.2) is 271 Å². The van der Waals surface area contributed by atoms with Crippen molar-refractivity contribution >= 4 is 60.8 Å². The maximum absolute atomic E-state index is 6.31. The number of rotatable bonds is 9. The molecule has 13 rings (SSSR count). The third-order valence-electron chi connectivity index (χ3n) is 13.6. The van der Waals surface area contributed by atoms with Gasteiger partial charge in [0, 0.05) is 44.2 Å². The van der Waals surface area contributed by atoms with Crippen molar-refractivity contribution in [3.8, 4) is 61.3 Å². The summed E-state index contributed by atoms with van der Waals surface area (Å²) in [6, 6.07) is 96.0. The molecule has 2 aromatic heterocycles. The second-order valence-corrected chi connectivity index (χ2v) is 17.7. The van der Waals surface area contributed by atoms with Gasteiger partial charge in [-0.1, -0.05) is 194 Å². The van der Waals surface area contributed by atoms with E-state index in [9.17, 15) is 0 Å². The average molecular weight is 881 g/mol. The molecule has 0 saturated carbocycles. The first kappa shape index (κ1) is 40.1. The highest BCUT2D eigenvalue weighted by Gasteiger charge is 2.19. The number of fused-ring (bicyclic) bond motifs is 6. The Morgan fingerprint density at radius 3 is 1.42 bits per heavy atom. The minimum Gasteiger partial charge on any atom is -0.456 e. The van der Waals surface area contributed by atoms with E-state index in [2.05, 4.69) is 264 Å². The largest absolute Gasteiger partial charge is 0.456 e. The van der Waals surface area contributed by atoms with Crippen LogP contribution in [0.4, 0.5) is 17.1 Å². The molecule has 3 nitrogen and oxygen atoms in total. The van der Waals surface area contributed by atoms with E-state index in [1.807, 2.05) is 12.1 Å². The highest BCUT2D eigenvalue weighted by molar-refractivity contribution is 6.09. The van der Waals surface area contributed by atoms with Gasteiger partial charge in [-0.25, -0.2) is 0 Å². The lowest BCUT2D eigenvalue weighted by atomic mass is 9.93. The van der Waals surface area contributed by atoms with Crippen molar-refractivity contribution in [1.82, 2.24) is 4.57 Å². The van der Waals surface area contributed by atoms with Gasteiger partial charge in [-0.3, -0.25) is 0 Å². The summed E-state index contributed by atoms with van der Waals surface area (Å²) in [7, 11) is 0. The molecule has 0 aliphatic carbocycles. The van der Waals surface area contributed by atoms with E-state index in [0.29, 0.717) is 0 Å². The lowest BCUT2D eigenvalue weighted by Gasteiger charge is -2.28. The summed E-state index contributed by atoms with van der Waals surface area (Å²) in [6.07, 6.45) is 0. The van der Waals surface area contributed by atoms with Crippen LogP contribution in [0.2, 0.25) is 0 Å². The molecule has 69 heavy (non-hydrogen) atoms.